The molecule has 0 radical (unpaired) electrons. The van der Waals surface area contributed by atoms with Gasteiger partial charge in [0.05, 0.1) is 12.5 Å². The van der Waals surface area contributed by atoms with E-state index in [2.05, 4.69) is 0 Å². The predicted molar refractivity (Wildman–Crippen MR) is 41.2 cm³/mol. The van der Waals surface area contributed by atoms with E-state index in [-0.39, 0.29) is 17.5 Å². The first-order chi connectivity index (χ1) is 4.52. The van der Waals surface area contributed by atoms with Gasteiger partial charge in [0, 0.05) is 5.38 Å². The second kappa shape index (κ2) is 4.56. The van der Waals surface area contributed by atoms with E-state index in [1.165, 1.54) is 0 Å². The summed E-state index contributed by atoms with van der Waals surface area (Å²) in [5, 5.41) is -0.133. The summed E-state index contributed by atoms with van der Waals surface area (Å²) in [6.45, 7) is 5.40. The summed E-state index contributed by atoms with van der Waals surface area (Å²) in [6, 6.07) is 0. The van der Waals surface area contributed by atoms with E-state index < -0.39 is 0 Å². The molecular formula is C7H13ClO2. The molecule has 10 heavy (non-hydrogen) atoms. The molecule has 0 amide bonds. The maximum Gasteiger partial charge on any atom is 0.307 e. The average molecular weight is 165 g/mol. The van der Waals surface area contributed by atoms with E-state index in [4.69, 9.17) is 16.3 Å². The lowest BCUT2D eigenvalue weighted by molar-refractivity contribution is -0.147. The summed E-state index contributed by atoms with van der Waals surface area (Å²) >= 11 is 5.56. The van der Waals surface area contributed by atoms with Crippen LogP contribution in [0.25, 0.3) is 0 Å². The zero-order chi connectivity index (χ0) is 8.15. The van der Waals surface area contributed by atoms with Gasteiger partial charge in [-0.2, -0.15) is 0 Å². The Morgan fingerprint density at radius 1 is 1.50 bits per heavy atom. The van der Waals surface area contributed by atoms with Crippen LogP contribution in [0.4, 0.5) is 0 Å². The number of rotatable bonds is 3. The van der Waals surface area contributed by atoms with E-state index in [0.29, 0.717) is 6.42 Å². The van der Waals surface area contributed by atoms with Gasteiger partial charge in [0.25, 0.3) is 0 Å². The molecule has 0 aromatic rings. The van der Waals surface area contributed by atoms with Crippen molar-refractivity contribution in [2.24, 2.45) is 0 Å². The van der Waals surface area contributed by atoms with Gasteiger partial charge < -0.3 is 4.74 Å². The Kier molecular flexibility index (Phi) is 4.45. The number of hydrogen-bond acceptors (Lipinski definition) is 2. The molecule has 1 atom stereocenters. The Morgan fingerprint density at radius 2 is 2.00 bits per heavy atom. The first-order valence-corrected chi connectivity index (χ1v) is 3.79. The molecule has 0 saturated heterocycles. The highest BCUT2D eigenvalue weighted by atomic mass is 35.5. The van der Waals surface area contributed by atoms with Crippen molar-refractivity contribution in [1.29, 1.82) is 0 Å². The van der Waals surface area contributed by atoms with Gasteiger partial charge in [-0.3, -0.25) is 4.79 Å². The third-order valence-corrected chi connectivity index (χ3v) is 0.969. The zero-order valence-electron chi connectivity index (χ0n) is 6.56. The molecule has 0 saturated carbocycles. The normalized spacial score (nSPS) is 13.3. The van der Waals surface area contributed by atoms with Crippen LogP contribution in [0.5, 0.6) is 0 Å². The van der Waals surface area contributed by atoms with Crippen LogP contribution in [0.1, 0.15) is 27.2 Å². The van der Waals surface area contributed by atoms with Gasteiger partial charge in [-0.1, -0.05) is 0 Å². The smallest absolute Gasteiger partial charge is 0.307 e. The van der Waals surface area contributed by atoms with E-state index in [1.54, 1.807) is 6.92 Å². The fraction of sp³-hybridized carbons (Fsp3) is 0.857. The summed E-state index contributed by atoms with van der Waals surface area (Å²) in [7, 11) is 0. The SMILES string of the molecule is CC(Cl)CC(=O)OC(C)C. The van der Waals surface area contributed by atoms with Crippen LogP contribution in [-0.4, -0.2) is 17.5 Å². The van der Waals surface area contributed by atoms with Crippen LogP contribution in [0.2, 0.25) is 0 Å². The molecule has 0 aromatic carbocycles. The minimum absolute atomic E-state index is 0.0390. The van der Waals surface area contributed by atoms with Crippen molar-refractivity contribution in [1.82, 2.24) is 0 Å². The Morgan fingerprint density at radius 3 is 2.30 bits per heavy atom. The molecule has 2 nitrogen and oxygen atoms in total. The Hall–Kier alpha value is -0.240. The fourth-order valence-electron chi connectivity index (χ4n) is 0.541. The average Bonchev–Trinajstić information content (AvgIpc) is 1.58. The maximum atomic E-state index is 10.8. The second-order valence-corrected chi connectivity index (χ2v) is 3.27. The van der Waals surface area contributed by atoms with Gasteiger partial charge in [-0.15, -0.1) is 11.6 Å². The summed E-state index contributed by atoms with van der Waals surface area (Å²) in [5.41, 5.74) is 0. The largest absolute Gasteiger partial charge is 0.463 e. The van der Waals surface area contributed by atoms with Crippen LogP contribution in [0, 0.1) is 0 Å². The van der Waals surface area contributed by atoms with E-state index in [9.17, 15) is 4.79 Å². The third kappa shape index (κ3) is 5.89. The summed E-state index contributed by atoms with van der Waals surface area (Å²) in [6.07, 6.45) is 0.252. The maximum absolute atomic E-state index is 10.8. The molecule has 0 aromatic heterocycles. The van der Waals surface area contributed by atoms with Crippen molar-refractivity contribution in [3.05, 3.63) is 0 Å². The molecule has 60 valence electrons. The van der Waals surface area contributed by atoms with Gasteiger partial charge in [-0.25, -0.2) is 0 Å². The highest BCUT2D eigenvalue weighted by Crippen LogP contribution is 2.02. The number of carbonyl (C=O) groups is 1. The van der Waals surface area contributed by atoms with Gasteiger partial charge in [0.2, 0.25) is 0 Å². The minimum atomic E-state index is -0.225. The van der Waals surface area contributed by atoms with Crippen molar-refractivity contribution in [3.63, 3.8) is 0 Å². The molecule has 0 fully saturated rings. The minimum Gasteiger partial charge on any atom is -0.463 e. The van der Waals surface area contributed by atoms with Gasteiger partial charge in [0.1, 0.15) is 0 Å². The topological polar surface area (TPSA) is 26.3 Å². The lowest BCUT2D eigenvalue weighted by Gasteiger charge is -2.07. The number of carbonyl (C=O) groups excluding carboxylic acids is 1. The third-order valence-electron chi connectivity index (χ3n) is 0.815. The van der Waals surface area contributed by atoms with Crippen LogP contribution in [-0.2, 0) is 9.53 Å². The highest BCUT2D eigenvalue weighted by Gasteiger charge is 2.08. The van der Waals surface area contributed by atoms with Crippen LogP contribution < -0.4 is 0 Å². The molecule has 0 heterocycles. The number of halogens is 1. The van der Waals surface area contributed by atoms with E-state index in [1.807, 2.05) is 13.8 Å². The highest BCUT2D eigenvalue weighted by molar-refractivity contribution is 6.21. The summed E-state index contributed by atoms with van der Waals surface area (Å²) in [5.74, 6) is -0.225. The lowest BCUT2D eigenvalue weighted by Crippen LogP contribution is -2.14. The molecule has 0 spiro atoms. The quantitative estimate of drug-likeness (QED) is 0.471. The van der Waals surface area contributed by atoms with Gasteiger partial charge in [-0.05, 0) is 20.8 Å². The number of esters is 1. The van der Waals surface area contributed by atoms with Crippen molar-refractivity contribution >= 4 is 17.6 Å². The summed E-state index contributed by atoms with van der Waals surface area (Å²) < 4.78 is 4.84. The Bertz CT molecular complexity index is 98.2. The van der Waals surface area contributed by atoms with Crippen LogP contribution in [0.15, 0.2) is 0 Å². The monoisotopic (exact) mass is 164 g/mol. The number of ether oxygens (including phenoxy) is 1. The van der Waals surface area contributed by atoms with E-state index in [0.717, 1.165) is 0 Å². The van der Waals surface area contributed by atoms with Crippen LogP contribution in [0.3, 0.4) is 0 Å². The molecule has 0 aliphatic carbocycles. The fourth-order valence-corrected chi connectivity index (χ4v) is 0.667. The van der Waals surface area contributed by atoms with Gasteiger partial charge in [0.15, 0.2) is 0 Å². The molecule has 0 aliphatic rings. The molecule has 0 bridgehead atoms. The Balaban J connectivity index is 3.44. The van der Waals surface area contributed by atoms with E-state index >= 15 is 0 Å². The molecule has 1 unspecified atom stereocenters. The standard InChI is InChI=1S/C7H13ClO2/c1-5(2)10-7(9)4-6(3)8/h5-6H,4H2,1-3H3. The molecule has 3 heteroatoms. The first kappa shape index (κ1) is 9.76. The Labute approximate surface area is 66.5 Å². The van der Waals surface area contributed by atoms with Crippen molar-refractivity contribution in [2.45, 2.75) is 38.7 Å². The predicted octanol–water partition coefficient (Wildman–Crippen LogP) is 1.96. The molecular weight excluding hydrogens is 152 g/mol. The van der Waals surface area contributed by atoms with Crippen molar-refractivity contribution in [2.75, 3.05) is 0 Å². The second-order valence-electron chi connectivity index (χ2n) is 2.52. The van der Waals surface area contributed by atoms with Crippen LogP contribution >= 0.6 is 11.6 Å². The lowest BCUT2D eigenvalue weighted by atomic mass is 10.3. The zero-order valence-corrected chi connectivity index (χ0v) is 7.31. The van der Waals surface area contributed by atoms with Crippen molar-refractivity contribution < 1.29 is 9.53 Å². The molecule has 0 aliphatic heterocycles. The number of alkyl halides is 1. The summed E-state index contributed by atoms with van der Waals surface area (Å²) in [4.78, 5) is 10.8. The number of hydrogen-bond donors (Lipinski definition) is 0. The van der Waals surface area contributed by atoms with Gasteiger partial charge >= 0.3 is 5.97 Å². The molecule has 0 rings (SSSR count). The molecule has 0 N–H and O–H groups in total. The first-order valence-electron chi connectivity index (χ1n) is 3.36. The van der Waals surface area contributed by atoms with Crippen molar-refractivity contribution in [3.8, 4) is 0 Å².